The third-order valence-corrected chi connectivity index (χ3v) is 8.15. The number of aromatic nitrogens is 3. The molecular weight excluding hydrogens is 612 g/mol. The highest BCUT2D eigenvalue weighted by molar-refractivity contribution is 6.01. The molecule has 0 spiro atoms. The Balaban J connectivity index is 1.15. The number of ketones is 2. The van der Waals surface area contributed by atoms with Crippen molar-refractivity contribution >= 4 is 23.2 Å². The van der Waals surface area contributed by atoms with Crippen LogP contribution in [0.25, 0.3) is 22.5 Å². The van der Waals surface area contributed by atoms with E-state index in [4.69, 9.17) is 18.9 Å². The number of nitrogens with zero attached hydrogens (tertiary/aromatic N) is 4. The molecule has 0 radical (unpaired) electrons. The van der Waals surface area contributed by atoms with Crippen molar-refractivity contribution in [3.63, 3.8) is 0 Å². The second-order valence-electron chi connectivity index (χ2n) is 12.4. The maximum absolute atomic E-state index is 13.7. The Morgan fingerprint density at radius 3 is 1.98 bits per heavy atom. The molecule has 2 aromatic carbocycles. The van der Waals surface area contributed by atoms with Gasteiger partial charge in [0, 0.05) is 55.4 Å². The summed E-state index contributed by atoms with van der Waals surface area (Å²) in [6, 6.07) is 15.9. The lowest BCUT2D eigenvalue weighted by atomic mass is 9.95. The van der Waals surface area contributed by atoms with Crippen LogP contribution in [0.3, 0.4) is 0 Å². The number of ether oxygens (including phenoxy) is 4. The lowest BCUT2D eigenvalue weighted by Crippen LogP contribution is -2.32. The molecule has 0 atom stereocenters. The van der Waals surface area contributed by atoms with Gasteiger partial charge in [0.25, 0.3) is 0 Å². The number of hydrogen-bond donors (Lipinski definition) is 0. The molecule has 0 fully saturated rings. The average Bonchev–Trinajstić information content (AvgIpc) is 3.52. The highest BCUT2D eigenvalue weighted by Crippen LogP contribution is 2.42. The van der Waals surface area contributed by atoms with Crippen LogP contribution in [0.5, 0.6) is 0 Å². The van der Waals surface area contributed by atoms with Gasteiger partial charge in [-0.1, -0.05) is 61.5 Å². The zero-order valence-electron chi connectivity index (χ0n) is 28.8. The van der Waals surface area contributed by atoms with E-state index in [-0.39, 0.29) is 42.3 Å². The molecule has 260 valence electrons. The van der Waals surface area contributed by atoms with E-state index in [2.05, 4.69) is 24.2 Å². The van der Waals surface area contributed by atoms with Crippen LogP contribution in [-0.4, -0.2) is 85.3 Å². The smallest absolute Gasteiger partial charge is 0.227 e. The van der Waals surface area contributed by atoms with Crippen LogP contribution in [0.1, 0.15) is 71.4 Å². The molecule has 0 bridgehead atoms. The van der Waals surface area contributed by atoms with E-state index in [1.807, 2.05) is 67.1 Å². The van der Waals surface area contributed by atoms with Gasteiger partial charge in [-0.25, -0.2) is 4.68 Å². The number of carbonyl (C=O) groups is 3. The summed E-state index contributed by atoms with van der Waals surface area (Å²) in [7, 11) is 0. The van der Waals surface area contributed by atoms with Crippen LogP contribution in [0.2, 0.25) is 0 Å². The predicted octanol–water partition coefficient (Wildman–Crippen LogP) is 5.85. The quantitative estimate of drug-likeness (QED) is 0.129. The molecule has 0 saturated heterocycles. The van der Waals surface area contributed by atoms with Crippen molar-refractivity contribution < 1.29 is 33.3 Å². The molecule has 4 rings (SSSR count). The fourth-order valence-electron chi connectivity index (χ4n) is 5.46. The topological polar surface area (TPSA) is 122 Å². The zero-order valence-corrected chi connectivity index (χ0v) is 28.8. The van der Waals surface area contributed by atoms with E-state index in [0.29, 0.717) is 78.7 Å². The van der Waals surface area contributed by atoms with Gasteiger partial charge in [0.15, 0.2) is 0 Å². The van der Waals surface area contributed by atoms with Gasteiger partial charge in [-0.3, -0.25) is 14.4 Å². The Morgan fingerprint density at radius 2 is 1.31 bits per heavy atom. The summed E-state index contributed by atoms with van der Waals surface area (Å²) < 4.78 is 23.9. The van der Waals surface area contributed by atoms with E-state index in [0.717, 1.165) is 33.8 Å². The number of hydrogen-bond acceptors (Lipinski definition) is 9. The fraction of sp³-hybridized carbons (Fsp3) is 0.541. The number of para-hydroxylation sites is 1. The molecule has 1 aliphatic heterocycles. The Bertz CT molecular complexity index is 1490. The Hall–Kier alpha value is -3.77. The van der Waals surface area contributed by atoms with Crippen molar-refractivity contribution in [3.05, 3.63) is 54.1 Å². The Morgan fingerprint density at radius 1 is 0.708 bits per heavy atom. The third kappa shape index (κ3) is 10.6. The fourth-order valence-corrected chi connectivity index (χ4v) is 5.46. The van der Waals surface area contributed by atoms with E-state index < -0.39 is 0 Å². The summed E-state index contributed by atoms with van der Waals surface area (Å²) >= 11 is 0. The Kier molecular flexibility index (Phi) is 14.9. The molecule has 0 N–H and O–H groups in total. The van der Waals surface area contributed by atoms with Crippen LogP contribution >= 0.6 is 0 Å². The molecule has 11 heteroatoms. The minimum absolute atomic E-state index is 0.0422. The molecule has 0 unspecified atom stereocenters. The number of amides is 1. The first kappa shape index (κ1) is 37.1. The van der Waals surface area contributed by atoms with E-state index in [1.54, 1.807) is 4.90 Å². The van der Waals surface area contributed by atoms with E-state index in [1.165, 1.54) is 0 Å². The Labute approximate surface area is 283 Å². The van der Waals surface area contributed by atoms with Crippen molar-refractivity contribution in [2.24, 2.45) is 5.92 Å². The molecule has 0 saturated carbocycles. The zero-order chi connectivity index (χ0) is 34.3. The first-order chi connectivity index (χ1) is 23.3. The van der Waals surface area contributed by atoms with Crippen LogP contribution in [0.4, 0.5) is 5.69 Å². The van der Waals surface area contributed by atoms with Crippen molar-refractivity contribution in [2.45, 2.75) is 72.4 Å². The lowest BCUT2D eigenvalue weighted by molar-refractivity contribution is -0.124. The molecular formula is C37H50N4O7. The van der Waals surface area contributed by atoms with Crippen molar-refractivity contribution in [3.8, 4) is 22.5 Å². The third-order valence-electron chi connectivity index (χ3n) is 8.15. The van der Waals surface area contributed by atoms with Crippen LogP contribution in [0, 0.1) is 5.92 Å². The van der Waals surface area contributed by atoms with E-state index >= 15 is 0 Å². The molecule has 2 heterocycles. The van der Waals surface area contributed by atoms with Gasteiger partial charge in [-0.2, -0.15) is 0 Å². The molecule has 0 aliphatic carbocycles. The molecule has 48 heavy (non-hydrogen) atoms. The van der Waals surface area contributed by atoms with Gasteiger partial charge in [0.05, 0.1) is 64.2 Å². The molecule has 1 aliphatic rings. The monoisotopic (exact) mass is 662 g/mol. The standard InChI is InChI=1S/C37H50N4O7/c1-27(2)34(43)17-19-46-21-23-48-25-24-47-22-20-45-18-9-11-30(42)15-16-35(44)40-26-29-10-5-6-12-31(29)36-37(41(28(3)4)39-38-36)32-13-7-8-14-33(32)40/h5-8,10,12-14,27-28H,9,11,15-26H2,1-4H3. The second-order valence-corrected chi connectivity index (χ2v) is 12.4. The SMILES string of the molecule is CC(C)C(=O)CCOCCOCCOCCOCCCC(=O)CCC(=O)N1Cc2ccccc2-c2nnn(C(C)C)c2-c2ccccc21. The predicted molar refractivity (Wildman–Crippen MR) is 184 cm³/mol. The first-order valence-electron chi connectivity index (χ1n) is 17.1. The highest BCUT2D eigenvalue weighted by Gasteiger charge is 2.29. The summed E-state index contributed by atoms with van der Waals surface area (Å²) in [5.74, 6) is 0.193. The molecule has 1 amide bonds. The summed E-state index contributed by atoms with van der Waals surface area (Å²) in [5.41, 5.74) is 5.31. The first-order valence-corrected chi connectivity index (χ1v) is 17.1. The van der Waals surface area contributed by atoms with Crippen LogP contribution < -0.4 is 4.90 Å². The molecule has 3 aromatic rings. The number of fused-ring (bicyclic) bond motifs is 5. The summed E-state index contributed by atoms with van der Waals surface area (Å²) in [4.78, 5) is 39.8. The van der Waals surface area contributed by atoms with Gasteiger partial charge in [0.2, 0.25) is 5.91 Å². The second kappa shape index (κ2) is 19.3. The largest absolute Gasteiger partial charge is 0.379 e. The number of anilines is 1. The normalized spacial score (nSPS) is 12.4. The van der Waals surface area contributed by atoms with Crippen molar-refractivity contribution in [1.29, 1.82) is 0 Å². The summed E-state index contributed by atoms with van der Waals surface area (Å²) in [5, 5.41) is 9.04. The van der Waals surface area contributed by atoms with Crippen molar-refractivity contribution in [1.82, 2.24) is 15.0 Å². The lowest BCUT2D eigenvalue weighted by Gasteiger charge is -2.29. The highest BCUT2D eigenvalue weighted by atomic mass is 16.6. The van der Waals surface area contributed by atoms with Gasteiger partial charge in [-0.15, -0.1) is 5.10 Å². The molecule has 1 aromatic heterocycles. The number of Topliss-reactive ketones (excluding diaryl/α,β-unsaturated/α-hetero) is 2. The van der Waals surface area contributed by atoms with Gasteiger partial charge >= 0.3 is 0 Å². The van der Waals surface area contributed by atoms with Gasteiger partial charge < -0.3 is 23.8 Å². The summed E-state index contributed by atoms with van der Waals surface area (Å²) in [6.45, 7) is 11.8. The average molecular weight is 663 g/mol. The maximum Gasteiger partial charge on any atom is 0.227 e. The van der Waals surface area contributed by atoms with Gasteiger partial charge in [0.1, 0.15) is 17.3 Å². The van der Waals surface area contributed by atoms with Gasteiger partial charge in [-0.05, 0) is 31.9 Å². The van der Waals surface area contributed by atoms with Crippen LogP contribution in [0.15, 0.2) is 48.5 Å². The van der Waals surface area contributed by atoms with Crippen LogP contribution in [-0.2, 0) is 39.9 Å². The van der Waals surface area contributed by atoms with E-state index in [9.17, 15) is 14.4 Å². The summed E-state index contributed by atoms with van der Waals surface area (Å²) in [6.07, 6.45) is 1.70. The molecule has 11 nitrogen and oxygen atoms in total. The number of benzene rings is 2. The maximum atomic E-state index is 13.7. The minimum Gasteiger partial charge on any atom is -0.379 e. The number of carbonyl (C=O) groups excluding carboxylic acids is 3. The number of rotatable bonds is 21. The van der Waals surface area contributed by atoms with Crippen molar-refractivity contribution in [2.75, 3.05) is 57.8 Å². The minimum atomic E-state index is -0.0966.